The van der Waals surface area contributed by atoms with Crippen LogP contribution >= 0.6 is 0 Å². The lowest BCUT2D eigenvalue weighted by atomic mass is 10.2. The first kappa shape index (κ1) is 17.9. The molecule has 1 heterocycles. The van der Waals surface area contributed by atoms with Gasteiger partial charge in [-0.15, -0.1) is 0 Å². The molecular formula is C12H22N4O4. The summed E-state index contributed by atoms with van der Waals surface area (Å²) in [6.07, 6.45) is 0. The predicted molar refractivity (Wildman–Crippen MR) is 72.6 cm³/mol. The van der Waals surface area contributed by atoms with Gasteiger partial charge in [-0.25, -0.2) is 4.79 Å². The normalized spacial score (nSPS) is 11.2. The Kier molecular flexibility index (Phi) is 7.95. The lowest BCUT2D eigenvalue weighted by molar-refractivity contribution is 0.0470. The lowest BCUT2D eigenvalue weighted by Gasteiger charge is -1.96. The van der Waals surface area contributed by atoms with Crippen molar-refractivity contribution in [3.8, 4) is 0 Å². The van der Waals surface area contributed by atoms with Crippen LogP contribution in [0.1, 0.15) is 57.0 Å². The van der Waals surface area contributed by atoms with Crippen molar-refractivity contribution in [3.05, 3.63) is 11.7 Å². The molecule has 0 radical (unpaired) electrons. The van der Waals surface area contributed by atoms with Gasteiger partial charge < -0.3 is 20.2 Å². The molecule has 0 atom stereocenters. The zero-order valence-corrected chi connectivity index (χ0v) is 12.5. The molecule has 0 bridgehead atoms. The summed E-state index contributed by atoms with van der Waals surface area (Å²) >= 11 is 0. The van der Waals surface area contributed by atoms with E-state index in [1.807, 2.05) is 27.7 Å². The first-order valence-electron chi connectivity index (χ1n) is 6.31. The molecule has 0 aliphatic heterocycles. The van der Waals surface area contributed by atoms with Crippen molar-refractivity contribution in [1.29, 1.82) is 0 Å². The van der Waals surface area contributed by atoms with Gasteiger partial charge in [0.1, 0.15) is 5.84 Å². The summed E-state index contributed by atoms with van der Waals surface area (Å²) in [5.41, 5.74) is 5.12. The van der Waals surface area contributed by atoms with Crippen molar-refractivity contribution in [3.63, 3.8) is 0 Å². The Bertz CT molecular complexity index is 440. The summed E-state index contributed by atoms with van der Waals surface area (Å²) in [6.45, 7) is 9.57. The highest BCUT2D eigenvalue weighted by Crippen LogP contribution is 2.09. The Morgan fingerprint density at radius 1 is 1.45 bits per heavy atom. The summed E-state index contributed by atoms with van der Waals surface area (Å²) in [5.74, 6) is 0.437. The molecule has 0 saturated heterocycles. The van der Waals surface area contributed by atoms with Gasteiger partial charge in [0.25, 0.3) is 0 Å². The number of hydrogen-bond donors (Lipinski definition) is 2. The van der Waals surface area contributed by atoms with Gasteiger partial charge in [0.15, 0.2) is 5.82 Å². The average molecular weight is 286 g/mol. The highest BCUT2D eigenvalue weighted by atomic mass is 16.6. The van der Waals surface area contributed by atoms with Crippen molar-refractivity contribution in [2.24, 2.45) is 16.8 Å². The number of carbonyl (C=O) groups is 1. The van der Waals surface area contributed by atoms with Gasteiger partial charge >= 0.3 is 11.9 Å². The molecule has 8 heteroatoms. The molecule has 0 fully saturated rings. The van der Waals surface area contributed by atoms with Crippen molar-refractivity contribution in [1.82, 2.24) is 10.1 Å². The average Bonchev–Trinajstić information content (AvgIpc) is 2.88. The first-order chi connectivity index (χ1) is 9.33. The van der Waals surface area contributed by atoms with Crippen molar-refractivity contribution in [2.45, 2.75) is 40.5 Å². The van der Waals surface area contributed by atoms with Crippen LogP contribution in [-0.4, -0.2) is 33.8 Å². The Morgan fingerprint density at radius 3 is 2.35 bits per heavy atom. The number of esters is 1. The smallest absolute Gasteiger partial charge is 0.397 e. The van der Waals surface area contributed by atoms with Gasteiger partial charge in [0.05, 0.1) is 6.61 Å². The molecule has 114 valence electrons. The fraction of sp³-hybridized carbons (Fsp3) is 0.667. The van der Waals surface area contributed by atoms with E-state index in [4.69, 9.17) is 15.5 Å². The molecule has 0 amide bonds. The molecule has 0 spiro atoms. The molecule has 0 unspecified atom stereocenters. The van der Waals surface area contributed by atoms with E-state index in [9.17, 15) is 4.79 Å². The van der Waals surface area contributed by atoms with Crippen LogP contribution in [0.15, 0.2) is 9.68 Å². The minimum atomic E-state index is -0.568. The first-order valence-corrected chi connectivity index (χ1v) is 6.31. The maximum Gasteiger partial charge on any atom is 0.397 e. The second kappa shape index (κ2) is 8.89. The van der Waals surface area contributed by atoms with Gasteiger partial charge in [0, 0.05) is 11.8 Å². The number of carbonyl (C=O) groups excluding carboxylic acids is 1. The fourth-order valence-electron chi connectivity index (χ4n) is 0.861. The molecule has 0 aliphatic rings. The SMILES string of the molecule is CC(C)/C(N)=N\O.CCOC(=O)c1nc(C(C)C)no1. The van der Waals surface area contributed by atoms with E-state index < -0.39 is 5.97 Å². The second-order valence-electron chi connectivity index (χ2n) is 4.51. The number of ether oxygens (including phenoxy) is 1. The van der Waals surface area contributed by atoms with Gasteiger partial charge in [-0.1, -0.05) is 38.0 Å². The maximum atomic E-state index is 11.1. The maximum absolute atomic E-state index is 11.1. The van der Waals surface area contributed by atoms with E-state index in [-0.39, 0.29) is 23.6 Å². The number of hydrogen-bond acceptors (Lipinski definition) is 7. The van der Waals surface area contributed by atoms with E-state index in [1.54, 1.807) is 6.92 Å². The number of nitrogens with zero attached hydrogens (tertiary/aromatic N) is 3. The van der Waals surface area contributed by atoms with Gasteiger partial charge in [-0.2, -0.15) is 4.98 Å². The van der Waals surface area contributed by atoms with Crippen molar-refractivity contribution < 1.29 is 19.3 Å². The van der Waals surface area contributed by atoms with Crippen molar-refractivity contribution in [2.75, 3.05) is 6.61 Å². The van der Waals surface area contributed by atoms with Crippen molar-refractivity contribution >= 4 is 11.8 Å². The van der Waals surface area contributed by atoms with E-state index >= 15 is 0 Å². The molecule has 0 aromatic carbocycles. The minimum Gasteiger partial charge on any atom is -0.459 e. The molecule has 8 nitrogen and oxygen atoms in total. The molecule has 0 aliphatic carbocycles. The third kappa shape index (κ3) is 6.17. The molecule has 20 heavy (non-hydrogen) atoms. The number of aromatic nitrogens is 2. The summed E-state index contributed by atoms with van der Waals surface area (Å²) in [5, 5.41) is 14.4. The van der Waals surface area contributed by atoms with E-state index in [0.29, 0.717) is 12.4 Å². The molecular weight excluding hydrogens is 264 g/mol. The highest BCUT2D eigenvalue weighted by Gasteiger charge is 2.17. The third-order valence-corrected chi connectivity index (χ3v) is 2.12. The summed E-state index contributed by atoms with van der Waals surface area (Å²) in [7, 11) is 0. The number of rotatable bonds is 4. The Labute approximate surface area is 118 Å². The Balaban J connectivity index is 0.000000441. The van der Waals surface area contributed by atoms with Crippen LogP contribution in [0.25, 0.3) is 0 Å². The van der Waals surface area contributed by atoms with E-state index in [2.05, 4.69) is 20.0 Å². The molecule has 1 rings (SSSR count). The zero-order valence-electron chi connectivity index (χ0n) is 12.5. The van der Waals surface area contributed by atoms with Crippen LogP contribution in [0.5, 0.6) is 0 Å². The van der Waals surface area contributed by atoms with Crippen LogP contribution < -0.4 is 5.73 Å². The van der Waals surface area contributed by atoms with E-state index in [0.717, 1.165) is 0 Å². The lowest BCUT2D eigenvalue weighted by Crippen LogP contribution is -2.18. The van der Waals surface area contributed by atoms with E-state index in [1.165, 1.54) is 0 Å². The van der Waals surface area contributed by atoms with Crippen LogP contribution in [0.4, 0.5) is 0 Å². The summed E-state index contributed by atoms with van der Waals surface area (Å²) in [6, 6.07) is 0. The zero-order chi connectivity index (χ0) is 15.7. The molecule has 1 aromatic heterocycles. The summed E-state index contributed by atoms with van der Waals surface area (Å²) in [4.78, 5) is 14.9. The number of nitrogens with two attached hydrogens (primary N) is 1. The van der Waals surface area contributed by atoms with Crippen LogP contribution in [0.2, 0.25) is 0 Å². The number of amidine groups is 1. The molecule has 3 N–H and O–H groups in total. The van der Waals surface area contributed by atoms with Gasteiger partial charge in [0.2, 0.25) is 0 Å². The second-order valence-corrected chi connectivity index (χ2v) is 4.51. The fourth-order valence-corrected chi connectivity index (χ4v) is 0.861. The Morgan fingerprint density at radius 2 is 2.05 bits per heavy atom. The van der Waals surface area contributed by atoms with Crippen LogP contribution in [0.3, 0.4) is 0 Å². The quantitative estimate of drug-likeness (QED) is 0.284. The number of oxime groups is 1. The standard InChI is InChI=1S/C8H12N2O3.C4H10N2O/c1-4-12-8(11)7-9-6(5(2)3)10-13-7;1-3(2)4(5)6-7/h5H,4H2,1-3H3;3,7H,1-2H3,(H2,5,6). The minimum absolute atomic E-state index is 0.0782. The van der Waals surface area contributed by atoms with Gasteiger partial charge in [-0.3, -0.25) is 0 Å². The molecule has 0 saturated carbocycles. The topological polar surface area (TPSA) is 124 Å². The Hall–Kier alpha value is -2.12. The monoisotopic (exact) mass is 286 g/mol. The van der Waals surface area contributed by atoms with Gasteiger partial charge in [-0.05, 0) is 6.92 Å². The van der Waals surface area contributed by atoms with Crippen LogP contribution in [0, 0.1) is 5.92 Å². The summed E-state index contributed by atoms with van der Waals surface area (Å²) < 4.78 is 9.39. The highest BCUT2D eigenvalue weighted by molar-refractivity contribution is 5.84. The van der Waals surface area contributed by atoms with Crippen LogP contribution in [-0.2, 0) is 4.74 Å². The predicted octanol–water partition coefficient (Wildman–Crippen LogP) is 1.76. The third-order valence-electron chi connectivity index (χ3n) is 2.12. The largest absolute Gasteiger partial charge is 0.459 e. The molecule has 1 aromatic rings.